The van der Waals surface area contributed by atoms with Crippen LogP contribution in [0.25, 0.3) is 0 Å². The topological polar surface area (TPSA) is 65.7 Å². The highest BCUT2D eigenvalue weighted by Crippen LogP contribution is 2.14. The van der Waals surface area contributed by atoms with Gasteiger partial charge in [-0.3, -0.25) is 0 Å². The molecule has 1 aliphatic rings. The van der Waals surface area contributed by atoms with Crippen molar-refractivity contribution in [2.75, 3.05) is 33.4 Å². The lowest BCUT2D eigenvalue weighted by atomic mass is 10.1. The lowest BCUT2D eigenvalue weighted by Crippen LogP contribution is -2.39. The summed E-state index contributed by atoms with van der Waals surface area (Å²) < 4.78 is 11.2. The number of nitriles is 1. The van der Waals surface area contributed by atoms with Gasteiger partial charge in [-0.1, -0.05) is 0 Å². The molecule has 1 aromatic carbocycles. The summed E-state index contributed by atoms with van der Waals surface area (Å²) in [5.74, 6) is 0.663. The van der Waals surface area contributed by atoms with E-state index in [4.69, 9.17) is 14.7 Å². The zero-order valence-corrected chi connectivity index (χ0v) is 13.1. The summed E-state index contributed by atoms with van der Waals surface area (Å²) in [5.41, 5.74) is 0.597. The van der Waals surface area contributed by atoms with E-state index in [2.05, 4.69) is 11.0 Å². The molecule has 0 radical (unpaired) electrons. The summed E-state index contributed by atoms with van der Waals surface area (Å²) >= 11 is 0. The predicted octanol–water partition coefficient (Wildman–Crippen LogP) is 1.80. The van der Waals surface area contributed by atoms with E-state index >= 15 is 0 Å². The van der Waals surface area contributed by atoms with Crippen LogP contribution < -0.4 is 4.74 Å². The van der Waals surface area contributed by atoms with E-state index < -0.39 is 6.10 Å². The van der Waals surface area contributed by atoms with E-state index in [0.717, 1.165) is 26.0 Å². The summed E-state index contributed by atoms with van der Waals surface area (Å²) in [6, 6.07) is 8.95. The van der Waals surface area contributed by atoms with Crippen LogP contribution in [0.2, 0.25) is 0 Å². The number of nitrogens with zero attached hydrogens (tertiary/aromatic N) is 2. The van der Waals surface area contributed by atoms with Crippen LogP contribution in [-0.2, 0) is 4.74 Å². The largest absolute Gasteiger partial charge is 0.491 e. The molecule has 22 heavy (non-hydrogen) atoms. The van der Waals surface area contributed by atoms with Gasteiger partial charge in [0.15, 0.2) is 0 Å². The second-order valence-electron chi connectivity index (χ2n) is 5.81. The van der Waals surface area contributed by atoms with Gasteiger partial charge in [0.2, 0.25) is 0 Å². The van der Waals surface area contributed by atoms with Gasteiger partial charge in [0.25, 0.3) is 0 Å². The number of hydrogen-bond acceptors (Lipinski definition) is 5. The lowest BCUT2D eigenvalue weighted by molar-refractivity contribution is -0.0109. The Morgan fingerprint density at radius 3 is 2.82 bits per heavy atom. The number of hydrogen-bond donors (Lipinski definition) is 1. The van der Waals surface area contributed by atoms with Gasteiger partial charge in [-0.2, -0.15) is 5.26 Å². The molecular weight excluding hydrogens is 280 g/mol. The second kappa shape index (κ2) is 8.74. The molecule has 1 fully saturated rings. The zero-order valence-electron chi connectivity index (χ0n) is 13.1. The Balaban J connectivity index is 1.67. The van der Waals surface area contributed by atoms with Gasteiger partial charge < -0.3 is 19.5 Å². The van der Waals surface area contributed by atoms with E-state index in [-0.39, 0.29) is 12.7 Å². The van der Waals surface area contributed by atoms with Gasteiger partial charge in [0.1, 0.15) is 18.5 Å². The van der Waals surface area contributed by atoms with E-state index in [1.54, 1.807) is 24.3 Å². The maximum absolute atomic E-state index is 10.1. The third kappa shape index (κ3) is 5.64. The molecule has 1 heterocycles. The maximum Gasteiger partial charge on any atom is 0.119 e. The standard InChI is InChI=1S/C17H24N2O3/c1-19(12-17-4-2-3-9-21-17)11-15(20)13-22-16-7-5-14(10-18)6-8-16/h5-8,15,17,20H,2-4,9,11-13H2,1H3. The number of aliphatic hydroxyl groups is 1. The van der Waals surface area contributed by atoms with Crippen LogP contribution in [-0.4, -0.2) is 55.6 Å². The summed E-state index contributed by atoms with van der Waals surface area (Å²) in [6.45, 7) is 2.48. The highest BCUT2D eigenvalue weighted by molar-refractivity contribution is 5.34. The number of ether oxygens (including phenoxy) is 2. The minimum absolute atomic E-state index is 0.238. The lowest BCUT2D eigenvalue weighted by Gasteiger charge is -2.28. The van der Waals surface area contributed by atoms with Crippen molar-refractivity contribution in [2.45, 2.75) is 31.5 Å². The van der Waals surface area contributed by atoms with Crippen LogP contribution in [0.15, 0.2) is 24.3 Å². The summed E-state index contributed by atoms with van der Waals surface area (Å²) in [7, 11) is 1.99. The molecule has 2 unspecified atom stereocenters. The van der Waals surface area contributed by atoms with Crippen LogP contribution in [0.5, 0.6) is 5.75 Å². The van der Waals surface area contributed by atoms with Gasteiger partial charge in [0.05, 0.1) is 17.7 Å². The predicted molar refractivity (Wildman–Crippen MR) is 83.7 cm³/mol. The first-order valence-electron chi connectivity index (χ1n) is 7.78. The monoisotopic (exact) mass is 304 g/mol. The molecule has 0 saturated carbocycles. The minimum atomic E-state index is -0.552. The summed E-state index contributed by atoms with van der Waals surface area (Å²) in [4.78, 5) is 2.09. The Labute approximate surface area is 132 Å². The Morgan fingerprint density at radius 1 is 1.41 bits per heavy atom. The normalized spacial score (nSPS) is 19.6. The maximum atomic E-state index is 10.1. The molecule has 1 N–H and O–H groups in total. The molecule has 5 nitrogen and oxygen atoms in total. The average molecular weight is 304 g/mol. The first-order valence-corrected chi connectivity index (χ1v) is 7.78. The first kappa shape index (κ1) is 16.8. The fraction of sp³-hybridized carbons (Fsp3) is 0.588. The van der Waals surface area contributed by atoms with E-state index in [0.29, 0.717) is 17.9 Å². The van der Waals surface area contributed by atoms with Crippen LogP contribution >= 0.6 is 0 Å². The molecule has 0 aromatic heterocycles. The van der Waals surface area contributed by atoms with E-state index in [9.17, 15) is 5.11 Å². The zero-order chi connectivity index (χ0) is 15.8. The first-order chi connectivity index (χ1) is 10.7. The van der Waals surface area contributed by atoms with Gasteiger partial charge in [-0.15, -0.1) is 0 Å². The van der Waals surface area contributed by atoms with Crippen molar-refractivity contribution in [3.05, 3.63) is 29.8 Å². The molecule has 1 saturated heterocycles. The molecule has 1 aliphatic heterocycles. The summed E-state index contributed by atoms with van der Waals surface area (Å²) in [6.07, 6.45) is 3.21. The van der Waals surface area contributed by atoms with Crippen molar-refractivity contribution in [3.63, 3.8) is 0 Å². The molecule has 0 amide bonds. The Hall–Kier alpha value is -1.61. The molecule has 0 aliphatic carbocycles. The highest BCUT2D eigenvalue weighted by atomic mass is 16.5. The van der Waals surface area contributed by atoms with Crippen LogP contribution in [0.1, 0.15) is 24.8 Å². The second-order valence-corrected chi connectivity index (χ2v) is 5.81. The molecule has 1 aromatic rings. The smallest absolute Gasteiger partial charge is 0.119 e. The Morgan fingerprint density at radius 2 is 2.18 bits per heavy atom. The number of likely N-dealkylation sites (N-methyl/N-ethyl adjacent to an activating group) is 1. The van der Waals surface area contributed by atoms with Crippen molar-refractivity contribution in [1.82, 2.24) is 4.90 Å². The number of aliphatic hydroxyl groups excluding tert-OH is 1. The van der Waals surface area contributed by atoms with Gasteiger partial charge in [0, 0.05) is 19.7 Å². The third-order valence-electron chi connectivity index (χ3n) is 3.74. The number of benzene rings is 1. The van der Waals surface area contributed by atoms with Gasteiger partial charge in [-0.05, 0) is 50.6 Å². The van der Waals surface area contributed by atoms with Crippen molar-refractivity contribution in [1.29, 1.82) is 5.26 Å². The highest BCUT2D eigenvalue weighted by Gasteiger charge is 2.17. The molecule has 0 spiro atoms. The minimum Gasteiger partial charge on any atom is -0.491 e. The van der Waals surface area contributed by atoms with Gasteiger partial charge >= 0.3 is 0 Å². The van der Waals surface area contributed by atoms with Crippen LogP contribution in [0.4, 0.5) is 0 Å². The van der Waals surface area contributed by atoms with Crippen LogP contribution in [0, 0.1) is 11.3 Å². The molecule has 2 rings (SSSR count). The van der Waals surface area contributed by atoms with Crippen molar-refractivity contribution in [3.8, 4) is 11.8 Å². The molecule has 5 heteroatoms. The molecule has 0 bridgehead atoms. The quantitative estimate of drug-likeness (QED) is 0.832. The van der Waals surface area contributed by atoms with Crippen molar-refractivity contribution >= 4 is 0 Å². The summed E-state index contributed by atoms with van der Waals surface area (Å²) in [5, 5.41) is 18.8. The van der Waals surface area contributed by atoms with Gasteiger partial charge in [-0.25, -0.2) is 0 Å². The van der Waals surface area contributed by atoms with Crippen molar-refractivity contribution < 1.29 is 14.6 Å². The van der Waals surface area contributed by atoms with Crippen molar-refractivity contribution in [2.24, 2.45) is 0 Å². The molecule has 120 valence electrons. The molecular formula is C17H24N2O3. The number of rotatable bonds is 7. The third-order valence-corrected chi connectivity index (χ3v) is 3.74. The molecule has 2 atom stereocenters. The van der Waals surface area contributed by atoms with E-state index in [1.165, 1.54) is 6.42 Å². The van der Waals surface area contributed by atoms with Crippen LogP contribution in [0.3, 0.4) is 0 Å². The SMILES string of the molecule is CN(CC(O)COc1ccc(C#N)cc1)CC1CCCCO1. The average Bonchev–Trinajstić information content (AvgIpc) is 2.54. The fourth-order valence-electron chi connectivity index (χ4n) is 2.60. The Kier molecular flexibility index (Phi) is 6.66. The van der Waals surface area contributed by atoms with E-state index in [1.807, 2.05) is 7.05 Å². The fourth-order valence-corrected chi connectivity index (χ4v) is 2.60. The Bertz CT molecular complexity index is 478.